The van der Waals surface area contributed by atoms with Crippen LogP contribution in [0.25, 0.3) is 0 Å². The molecule has 2 atom stereocenters. The van der Waals surface area contributed by atoms with Gasteiger partial charge in [0, 0.05) is 24.0 Å². The third kappa shape index (κ3) is 5.77. The summed E-state index contributed by atoms with van der Waals surface area (Å²) in [5.41, 5.74) is 6.30. The highest BCUT2D eigenvalue weighted by Gasteiger charge is 2.26. The smallest absolute Gasteiger partial charge is 0.221 e. The first-order chi connectivity index (χ1) is 12.9. The number of thiophene rings is 1. The molecule has 0 bridgehead atoms. The summed E-state index contributed by atoms with van der Waals surface area (Å²) in [6.07, 6.45) is 2.82. The summed E-state index contributed by atoms with van der Waals surface area (Å²) >= 11 is 1.69. The Kier molecular flexibility index (Phi) is 6.48. The molecule has 0 radical (unpaired) electrons. The van der Waals surface area contributed by atoms with Gasteiger partial charge in [0.1, 0.15) is 5.75 Å². The SMILES string of the molecule is CS(=O)(=O)c1ccc(OCCCC(=O)NC2CC(c3cccs3)NN2)cc1. The summed E-state index contributed by atoms with van der Waals surface area (Å²) in [6.45, 7) is 0.389. The third-order valence-corrected chi connectivity index (χ3v) is 6.31. The van der Waals surface area contributed by atoms with E-state index in [1.807, 2.05) is 11.4 Å². The summed E-state index contributed by atoms with van der Waals surface area (Å²) in [5, 5.41) is 5.00. The maximum atomic E-state index is 12.1. The van der Waals surface area contributed by atoms with Gasteiger partial charge in [0.05, 0.1) is 23.7 Å². The molecule has 1 aliphatic heterocycles. The molecule has 3 rings (SSSR count). The van der Waals surface area contributed by atoms with Gasteiger partial charge < -0.3 is 10.1 Å². The lowest BCUT2D eigenvalue weighted by Crippen LogP contribution is -2.44. The fraction of sp³-hybridized carbons (Fsp3) is 0.389. The van der Waals surface area contributed by atoms with Crippen LogP contribution in [-0.2, 0) is 14.6 Å². The number of hydrazine groups is 1. The minimum atomic E-state index is -3.20. The van der Waals surface area contributed by atoms with Gasteiger partial charge in [-0.05, 0) is 42.1 Å². The predicted molar refractivity (Wildman–Crippen MR) is 104 cm³/mol. The zero-order chi connectivity index (χ0) is 19.3. The molecule has 3 N–H and O–H groups in total. The molecule has 27 heavy (non-hydrogen) atoms. The van der Waals surface area contributed by atoms with Gasteiger partial charge in [-0.25, -0.2) is 19.3 Å². The van der Waals surface area contributed by atoms with Crippen LogP contribution in [0.5, 0.6) is 5.75 Å². The molecular weight excluding hydrogens is 386 g/mol. The van der Waals surface area contributed by atoms with Crippen LogP contribution in [0, 0.1) is 0 Å². The Morgan fingerprint density at radius 2 is 2.04 bits per heavy atom. The van der Waals surface area contributed by atoms with E-state index in [1.54, 1.807) is 23.5 Å². The van der Waals surface area contributed by atoms with Crippen molar-refractivity contribution in [3.05, 3.63) is 46.7 Å². The maximum Gasteiger partial charge on any atom is 0.221 e. The molecule has 0 aliphatic carbocycles. The van der Waals surface area contributed by atoms with Crippen molar-refractivity contribution in [3.8, 4) is 5.75 Å². The van der Waals surface area contributed by atoms with Crippen LogP contribution >= 0.6 is 11.3 Å². The number of amides is 1. The van der Waals surface area contributed by atoms with Crippen molar-refractivity contribution in [2.24, 2.45) is 0 Å². The second kappa shape index (κ2) is 8.83. The van der Waals surface area contributed by atoms with E-state index < -0.39 is 9.84 Å². The minimum Gasteiger partial charge on any atom is -0.494 e. The van der Waals surface area contributed by atoms with Crippen molar-refractivity contribution in [1.29, 1.82) is 0 Å². The molecule has 0 saturated carbocycles. The maximum absolute atomic E-state index is 12.1. The fourth-order valence-corrected chi connectivity index (χ4v) is 4.22. The second-order valence-electron chi connectivity index (χ2n) is 6.41. The van der Waals surface area contributed by atoms with Gasteiger partial charge >= 0.3 is 0 Å². The van der Waals surface area contributed by atoms with E-state index in [1.165, 1.54) is 23.3 Å². The molecule has 1 aliphatic rings. The summed E-state index contributed by atoms with van der Waals surface area (Å²) in [6, 6.07) is 10.6. The van der Waals surface area contributed by atoms with Gasteiger partial charge in [0.2, 0.25) is 5.91 Å². The Hall–Kier alpha value is -1.94. The largest absolute Gasteiger partial charge is 0.494 e. The molecule has 1 amide bonds. The Labute approximate surface area is 163 Å². The van der Waals surface area contributed by atoms with Crippen molar-refractivity contribution in [3.63, 3.8) is 0 Å². The molecule has 7 nitrogen and oxygen atoms in total. The number of nitrogens with one attached hydrogen (secondary N) is 3. The summed E-state index contributed by atoms with van der Waals surface area (Å²) in [4.78, 5) is 13.6. The topological polar surface area (TPSA) is 96.5 Å². The number of ether oxygens (including phenoxy) is 1. The van der Waals surface area contributed by atoms with Crippen LogP contribution in [0.4, 0.5) is 0 Å². The molecule has 9 heteroatoms. The van der Waals surface area contributed by atoms with Gasteiger partial charge in [-0.2, -0.15) is 0 Å². The van der Waals surface area contributed by atoms with Crippen LogP contribution in [0.3, 0.4) is 0 Å². The molecular formula is C18H23N3O4S2. The molecule has 1 aromatic carbocycles. The van der Waals surface area contributed by atoms with Crippen molar-refractivity contribution >= 4 is 27.1 Å². The van der Waals surface area contributed by atoms with Crippen LogP contribution < -0.4 is 20.9 Å². The Morgan fingerprint density at radius 3 is 2.70 bits per heavy atom. The molecule has 2 aromatic rings. The van der Waals surface area contributed by atoms with Crippen LogP contribution in [0.1, 0.15) is 30.2 Å². The van der Waals surface area contributed by atoms with E-state index in [9.17, 15) is 13.2 Å². The number of hydrogen-bond acceptors (Lipinski definition) is 7. The zero-order valence-corrected chi connectivity index (χ0v) is 16.6. The Morgan fingerprint density at radius 1 is 1.26 bits per heavy atom. The van der Waals surface area contributed by atoms with E-state index in [-0.39, 0.29) is 23.0 Å². The quantitative estimate of drug-likeness (QED) is 0.577. The third-order valence-electron chi connectivity index (χ3n) is 4.19. The van der Waals surface area contributed by atoms with Crippen molar-refractivity contribution < 1.29 is 17.9 Å². The van der Waals surface area contributed by atoms with E-state index >= 15 is 0 Å². The molecule has 1 aromatic heterocycles. The molecule has 1 fully saturated rings. The Bertz CT molecular complexity index is 851. The number of hydrogen-bond donors (Lipinski definition) is 3. The first-order valence-electron chi connectivity index (χ1n) is 8.68. The lowest BCUT2D eigenvalue weighted by molar-refractivity contribution is -0.122. The fourth-order valence-electron chi connectivity index (χ4n) is 2.80. The first kappa shape index (κ1) is 19.8. The van der Waals surface area contributed by atoms with Gasteiger partial charge in [-0.3, -0.25) is 4.79 Å². The zero-order valence-electron chi connectivity index (χ0n) is 15.0. The number of rotatable bonds is 8. The van der Waals surface area contributed by atoms with Crippen molar-refractivity contribution in [1.82, 2.24) is 16.2 Å². The lowest BCUT2D eigenvalue weighted by atomic mass is 10.1. The highest BCUT2D eigenvalue weighted by molar-refractivity contribution is 7.90. The van der Waals surface area contributed by atoms with Crippen LogP contribution in [0.2, 0.25) is 0 Å². The lowest BCUT2D eigenvalue weighted by Gasteiger charge is -2.12. The standard InChI is InChI=1S/C18H23N3O4S2/c1-27(23,24)14-8-6-13(7-9-14)25-10-2-5-18(22)19-17-12-15(20-21-17)16-4-3-11-26-16/h3-4,6-9,11,15,17,20-21H,2,5,10,12H2,1H3,(H,19,22). The first-order valence-corrected chi connectivity index (χ1v) is 11.5. The van der Waals surface area contributed by atoms with Gasteiger partial charge in [0.15, 0.2) is 9.84 Å². The van der Waals surface area contributed by atoms with Crippen LogP contribution in [-0.4, -0.2) is 33.4 Å². The highest BCUT2D eigenvalue weighted by Crippen LogP contribution is 2.25. The van der Waals surface area contributed by atoms with Crippen molar-refractivity contribution in [2.45, 2.75) is 36.4 Å². The number of carbonyl (C=O) groups excluding carboxylic acids is 1. The summed E-state index contributed by atoms with van der Waals surface area (Å²) < 4.78 is 28.4. The molecule has 0 spiro atoms. The monoisotopic (exact) mass is 409 g/mol. The molecule has 1 saturated heterocycles. The highest BCUT2D eigenvalue weighted by atomic mass is 32.2. The summed E-state index contributed by atoms with van der Waals surface area (Å²) in [7, 11) is -3.20. The Balaban J connectivity index is 1.34. The second-order valence-corrected chi connectivity index (χ2v) is 9.40. The average molecular weight is 410 g/mol. The minimum absolute atomic E-state index is 0.0304. The van der Waals surface area contributed by atoms with E-state index in [0.29, 0.717) is 25.2 Å². The van der Waals surface area contributed by atoms with Gasteiger partial charge in [-0.15, -0.1) is 11.3 Å². The van der Waals surface area contributed by atoms with E-state index in [2.05, 4.69) is 22.2 Å². The number of benzene rings is 1. The predicted octanol–water partition coefficient (Wildman–Crippen LogP) is 1.99. The van der Waals surface area contributed by atoms with Crippen LogP contribution in [0.15, 0.2) is 46.7 Å². The molecule has 2 unspecified atom stereocenters. The van der Waals surface area contributed by atoms with E-state index in [4.69, 9.17) is 4.74 Å². The number of carbonyl (C=O) groups is 1. The molecule has 146 valence electrons. The molecule has 2 heterocycles. The normalized spacial score (nSPS) is 19.7. The van der Waals surface area contributed by atoms with E-state index in [0.717, 1.165) is 6.42 Å². The summed E-state index contributed by atoms with van der Waals surface area (Å²) in [5.74, 6) is 0.556. The van der Waals surface area contributed by atoms with Gasteiger partial charge in [-0.1, -0.05) is 6.07 Å². The van der Waals surface area contributed by atoms with Crippen molar-refractivity contribution in [2.75, 3.05) is 12.9 Å². The average Bonchev–Trinajstić information content (AvgIpc) is 3.30. The van der Waals surface area contributed by atoms with Gasteiger partial charge in [0.25, 0.3) is 0 Å². The number of sulfone groups is 1.